The summed E-state index contributed by atoms with van der Waals surface area (Å²) in [5.41, 5.74) is 0. The zero-order valence-corrected chi connectivity index (χ0v) is 16.9. The first-order valence-corrected chi connectivity index (χ1v) is 10.4. The Bertz CT molecular complexity index is 664. The highest BCUT2D eigenvalue weighted by Crippen LogP contribution is 2.24. The van der Waals surface area contributed by atoms with Crippen molar-refractivity contribution in [1.82, 2.24) is 15.5 Å². The molecule has 3 heterocycles. The van der Waals surface area contributed by atoms with Crippen molar-refractivity contribution >= 4 is 33.2 Å². The molecule has 1 fully saturated rings. The lowest BCUT2D eigenvalue weighted by molar-refractivity contribution is 0.146. The van der Waals surface area contributed by atoms with Crippen LogP contribution in [0, 0.1) is 0 Å². The van der Waals surface area contributed by atoms with Crippen LogP contribution in [0.25, 0.3) is 0 Å². The average molecular weight is 425 g/mol. The predicted molar refractivity (Wildman–Crippen MR) is 107 cm³/mol. The summed E-state index contributed by atoms with van der Waals surface area (Å²) in [4.78, 5) is 8.13. The number of nitrogens with zero attached hydrogens (tertiary/aromatic N) is 2. The van der Waals surface area contributed by atoms with Crippen molar-refractivity contribution in [3.63, 3.8) is 0 Å². The third-order valence-electron chi connectivity index (χ3n) is 4.44. The molecule has 1 aliphatic heterocycles. The smallest absolute Gasteiger partial charge is 0.191 e. The van der Waals surface area contributed by atoms with Gasteiger partial charge in [0, 0.05) is 28.3 Å². The number of halogens is 1. The van der Waals surface area contributed by atoms with E-state index in [0.717, 1.165) is 42.4 Å². The van der Waals surface area contributed by atoms with Gasteiger partial charge in [-0.05, 0) is 60.1 Å². The standard InChI is InChI=1S/C18H25BrN4OS/c1-20-18(21-11-15-10-14(19)13-25-15)22-12-16(17-6-5-9-24-17)23-7-3-2-4-8-23/h5-6,9-10,13,16H,2-4,7-8,11-12H2,1H3,(H2,20,21,22). The number of hydrogen-bond acceptors (Lipinski definition) is 4. The fraction of sp³-hybridized carbons (Fsp3) is 0.500. The molecule has 0 radical (unpaired) electrons. The summed E-state index contributed by atoms with van der Waals surface area (Å²) in [6, 6.07) is 6.41. The first-order valence-electron chi connectivity index (χ1n) is 8.71. The zero-order chi connectivity index (χ0) is 17.5. The lowest BCUT2D eigenvalue weighted by atomic mass is 10.1. The minimum absolute atomic E-state index is 0.240. The molecule has 3 rings (SSSR count). The molecule has 5 nitrogen and oxygen atoms in total. The van der Waals surface area contributed by atoms with Crippen molar-refractivity contribution in [1.29, 1.82) is 0 Å². The molecule has 7 heteroatoms. The van der Waals surface area contributed by atoms with E-state index < -0.39 is 0 Å². The van der Waals surface area contributed by atoms with Gasteiger partial charge in [0.2, 0.25) is 0 Å². The Hall–Kier alpha value is -1.31. The van der Waals surface area contributed by atoms with Gasteiger partial charge < -0.3 is 15.1 Å². The molecule has 1 atom stereocenters. The van der Waals surface area contributed by atoms with Crippen LogP contribution in [0.2, 0.25) is 0 Å². The number of rotatable bonds is 6. The molecule has 2 aromatic heterocycles. The number of hydrogen-bond donors (Lipinski definition) is 2. The Morgan fingerprint density at radius 3 is 2.84 bits per heavy atom. The molecule has 1 unspecified atom stereocenters. The van der Waals surface area contributed by atoms with Gasteiger partial charge in [-0.1, -0.05) is 6.42 Å². The summed E-state index contributed by atoms with van der Waals surface area (Å²) in [5, 5.41) is 8.94. The molecule has 0 bridgehead atoms. The summed E-state index contributed by atoms with van der Waals surface area (Å²) in [5.74, 6) is 1.84. The van der Waals surface area contributed by atoms with Crippen molar-refractivity contribution in [3.05, 3.63) is 45.0 Å². The summed E-state index contributed by atoms with van der Waals surface area (Å²) < 4.78 is 6.83. The van der Waals surface area contributed by atoms with Gasteiger partial charge in [0.15, 0.2) is 5.96 Å². The first kappa shape index (κ1) is 18.5. The number of guanidine groups is 1. The zero-order valence-electron chi connectivity index (χ0n) is 14.5. The van der Waals surface area contributed by atoms with Crippen molar-refractivity contribution in [3.8, 4) is 0 Å². The monoisotopic (exact) mass is 424 g/mol. The Balaban J connectivity index is 1.57. The number of thiophene rings is 1. The first-order chi connectivity index (χ1) is 12.3. The number of piperidine rings is 1. The number of nitrogens with one attached hydrogen (secondary N) is 2. The van der Waals surface area contributed by atoms with Crippen LogP contribution in [-0.4, -0.2) is 37.5 Å². The van der Waals surface area contributed by atoms with Crippen LogP contribution in [0.5, 0.6) is 0 Å². The van der Waals surface area contributed by atoms with E-state index in [4.69, 9.17) is 4.42 Å². The summed E-state index contributed by atoms with van der Waals surface area (Å²) in [7, 11) is 1.81. The summed E-state index contributed by atoms with van der Waals surface area (Å²) in [6.45, 7) is 3.80. The molecular formula is C18H25BrN4OS. The molecule has 0 spiro atoms. The molecule has 0 amide bonds. The Morgan fingerprint density at radius 2 is 2.20 bits per heavy atom. The second-order valence-electron chi connectivity index (χ2n) is 6.17. The third-order valence-corrected chi connectivity index (χ3v) is 6.14. The topological polar surface area (TPSA) is 52.8 Å². The second-order valence-corrected chi connectivity index (χ2v) is 8.08. The second kappa shape index (κ2) is 9.40. The minimum atomic E-state index is 0.240. The van der Waals surface area contributed by atoms with E-state index >= 15 is 0 Å². The minimum Gasteiger partial charge on any atom is -0.468 e. The summed E-state index contributed by atoms with van der Waals surface area (Å²) in [6.07, 6.45) is 5.61. The molecule has 0 saturated carbocycles. The predicted octanol–water partition coefficient (Wildman–Crippen LogP) is 4.00. The van der Waals surface area contributed by atoms with Crippen molar-refractivity contribution < 1.29 is 4.42 Å². The van der Waals surface area contributed by atoms with E-state index in [9.17, 15) is 0 Å². The van der Waals surface area contributed by atoms with Gasteiger partial charge in [0.1, 0.15) is 5.76 Å². The normalized spacial score (nSPS) is 17.4. The largest absolute Gasteiger partial charge is 0.468 e. The quantitative estimate of drug-likeness (QED) is 0.543. The van der Waals surface area contributed by atoms with E-state index in [-0.39, 0.29) is 6.04 Å². The fourth-order valence-corrected chi connectivity index (χ4v) is 4.54. The van der Waals surface area contributed by atoms with Gasteiger partial charge in [-0.15, -0.1) is 11.3 Å². The molecule has 1 saturated heterocycles. The van der Waals surface area contributed by atoms with Gasteiger partial charge in [0.25, 0.3) is 0 Å². The Labute approximate surface area is 161 Å². The molecule has 1 aliphatic rings. The molecular weight excluding hydrogens is 400 g/mol. The van der Waals surface area contributed by atoms with E-state index in [2.05, 4.69) is 54.0 Å². The van der Waals surface area contributed by atoms with Crippen LogP contribution < -0.4 is 10.6 Å². The van der Waals surface area contributed by atoms with E-state index in [1.807, 2.05) is 13.1 Å². The van der Waals surface area contributed by atoms with Gasteiger partial charge in [-0.25, -0.2) is 0 Å². The van der Waals surface area contributed by atoms with Crippen LogP contribution in [0.1, 0.15) is 35.9 Å². The van der Waals surface area contributed by atoms with Crippen LogP contribution >= 0.6 is 27.3 Å². The van der Waals surface area contributed by atoms with Gasteiger partial charge in [0.05, 0.1) is 18.8 Å². The van der Waals surface area contributed by atoms with Gasteiger partial charge in [-0.3, -0.25) is 9.89 Å². The molecule has 0 aromatic carbocycles. The lowest BCUT2D eigenvalue weighted by Crippen LogP contribution is -2.44. The fourth-order valence-electron chi connectivity index (χ4n) is 3.15. The van der Waals surface area contributed by atoms with E-state index in [0.29, 0.717) is 0 Å². The maximum Gasteiger partial charge on any atom is 0.191 e. The maximum absolute atomic E-state index is 5.70. The number of likely N-dealkylation sites (tertiary alicyclic amines) is 1. The molecule has 2 N–H and O–H groups in total. The maximum atomic E-state index is 5.70. The molecule has 25 heavy (non-hydrogen) atoms. The highest BCUT2D eigenvalue weighted by Gasteiger charge is 2.24. The molecule has 136 valence electrons. The van der Waals surface area contributed by atoms with Gasteiger partial charge >= 0.3 is 0 Å². The van der Waals surface area contributed by atoms with Crippen molar-refractivity contribution in [2.45, 2.75) is 31.8 Å². The van der Waals surface area contributed by atoms with E-state index in [1.165, 1.54) is 24.1 Å². The Morgan fingerprint density at radius 1 is 1.36 bits per heavy atom. The number of aliphatic imine (C=N–C) groups is 1. The van der Waals surface area contributed by atoms with Crippen LogP contribution in [0.15, 0.2) is 43.7 Å². The van der Waals surface area contributed by atoms with Gasteiger partial charge in [-0.2, -0.15) is 0 Å². The lowest BCUT2D eigenvalue weighted by Gasteiger charge is -2.33. The van der Waals surface area contributed by atoms with E-state index in [1.54, 1.807) is 17.6 Å². The van der Waals surface area contributed by atoms with Crippen molar-refractivity contribution in [2.24, 2.45) is 4.99 Å². The number of furan rings is 1. The molecule has 0 aliphatic carbocycles. The highest BCUT2D eigenvalue weighted by molar-refractivity contribution is 9.10. The average Bonchev–Trinajstić information content (AvgIpc) is 3.31. The van der Waals surface area contributed by atoms with Crippen molar-refractivity contribution in [2.75, 3.05) is 26.7 Å². The molecule has 2 aromatic rings. The third kappa shape index (κ3) is 5.33. The summed E-state index contributed by atoms with van der Waals surface area (Å²) >= 11 is 5.22. The highest BCUT2D eigenvalue weighted by atomic mass is 79.9. The van der Waals surface area contributed by atoms with Crippen LogP contribution in [0.4, 0.5) is 0 Å². The SMILES string of the molecule is CN=C(NCc1cc(Br)cs1)NCC(c1ccco1)N1CCCCC1. The van der Waals surface area contributed by atoms with Crippen LogP contribution in [0.3, 0.4) is 0 Å². The van der Waals surface area contributed by atoms with Crippen LogP contribution in [-0.2, 0) is 6.54 Å². The Kier molecular flexibility index (Phi) is 6.95.